The molecule has 0 spiro atoms. The topological polar surface area (TPSA) is 53.6 Å². The molecule has 0 atom stereocenters. The highest BCUT2D eigenvalue weighted by Crippen LogP contribution is 2.23. The van der Waals surface area contributed by atoms with Crippen LogP contribution < -0.4 is 5.32 Å². The summed E-state index contributed by atoms with van der Waals surface area (Å²) in [5.74, 6) is 0.894. The van der Waals surface area contributed by atoms with E-state index in [1.54, 1.807) is 6.20 Å². The first-order valence-corrected chi connectivity index (χ1v) is 5.41. The highest BCUT2D eigenvalue weighted by molar-refractivity contribution is 9.10. The summed E-state index contributed by atoms with van der Waals surface area (Å²) in [7, 11) is 1.89. The van der Waals surface area contributed by atoms with Crippen molar-refractivity contribution in [2.75, 3.05) is 7.05 Å². The van der Waals surface area contributed by atoms with Gasteiger partial charge in [-0.05, 0) is 35.1 Å². The Morgan fingerprint density at radius 2 is 2.33 bits per heavy atom. The van der Waals surface area contributed by atoms with E-state index in [-0.39, 0.29) is 0 Å². The first-order chi connectivity index (χ1) is 7.31. The first kappa shape index (κ1) is 10.3. The summed E-state index contributed by atoms with van der Waals surface area (Å²) in [5, 5.41) is 3.04. The van der Waals surface area contributed by atoms with Gasteiger partial charge >= 0.3 is 0 Å². The van der Waals surface area contributed by atoms with Crippen LogP contribution in [0.4, 0.5) is 0 Å². The molecular weight excluding hydrogens is 256 g/mol. The van der Waals surface area contributed by atoms with Gasteiger partial charge in [0.05, 0.1) is 12.2 Å². The van der Waals surface area contributed by atoms with Crippen molar-refractivity contribution in [1.82, 2.24) is 20.3 Å². The summed E-state index contributed by atoms with van der Waals surface area (Å²) in [6.45, 7) is 0.714. The molecule has 0 aliphatic rings. The van der Waals surface area contributed by atoms with Gasteiger partial charge in [0.1, 0.15) is 16.1 Å². The Morgan fingerprint density at radius 3 is 3.00 bits per heavy atom. The molecule has 4 nitrogen and oxygen atoms in total. The van der Waals surface area contributed by atoms with Gasteiger partial charge in [0.15, 0.2) is 0 Å². The average Bonchev–Trinajstić information content (AvgIpc) is 2.61. The molecule has 0 aliphatic carbocycles. The van der Waals surface area contributed by atoms with Crippen molar-refractivity contribution >= 4 is 15.9 Å². The van der Waals surface area contributed by atoms with E-state index in [4.69, 9.17) is 0 Å². The molecule has 0 aromatic carbocycles. The van der Waals surface area contributed by atoms with Gasteiger partial charge in [0.25, 0.3) is 0 Å². The normalized spacial score (nSPS) is 10.5. The number of H-pyrrole nitrogens is 1. The molecule has 2 aromatic heterocycles. The van der Waals surface area contributed by atoms with E-state index >= 15 is 0 Å². The molecule has 0 amide bonds. The quantitative estimate of drug-likeness (QED) is 0.893. The SMILES string of the molecule is CNCc1nc(-c2ccccn2)c(Br)[nH]1. The lowest BCUT2D eigenvalue weighted by atomic mass is 10.3. The molecule has 2 aromatic rings. The Hall–Kier alpha value is -1.20. The maximum Gasteiger partial charge on any atom is 0.121 e. The number of hydrogen-bond donors (Lipinski definition) is 2. The molecule has 2 heterocycles. The maximum absolute atomic E-state index is 4.44. The largest absolute Gasteiger partial charge is 0.335 e. The van der Waals surface area contributed by atoms with Crippen molar-refractivity contribution in [2.45, 2.75) is 6.54 Å². The maximum atomic E-state index is 4.44. The second-order valence-corrected chi connectivity index (χ2v) is 3.88. The molecular formula is C10H11BrN4. The lowest BCUT2D eigenvalue weighted by Crippen LogP contribution is -2.06. The molecule has 2 N–H and O–H groups in total. The van der Waals surface area contributed by atoms with Crippen LogP contribution in [0.1, 0.15) is 5.82 Å². The third-order valence-electron chi connectivity index (χ3n) is 1.96. The fraction of sp³-hybridized carbons (Fsp3) is 0.200. The number of pyridine rings is 1. The van der Waals surface area contributed by atoms with Gasteiger partial charge in [-0.1, -0.05) is 6.07 Å². The average molecular weight is 267 g/mol. The van der Waals surface area contributed by atoms with E-state index in [2.05, 4.69) is 36.2 Å². The number of aromatic amines is 1. The number of halogens is 1. The molecule has 0 saturated heterocycles. The minimum atomic E-state index is 0.714. The Balaban J connectivity index is 2.36. The van der Waals surface area contributed by atoms with E-state index in [0.29, 0.717) is 6.54 Å². The van der Waals surface area contributed by atoms with E-state index in [0.717, 1.165) is 21.8 Å². The van der Waals surface area contributed by atoms with Crippen LogP contribution in [0.5, 0.6) is 0 Å². The van der Waals surface area contributed by atoms with Crippen molar-refractivity contribution in [3.8, 4) is 11.4 Å². The van der Waals surface area contributed by atoms with Crippen molar-refractivity contribution in [2.24, 2.45) is 0 Å². The third-order valence-corrected chi connectivity index (χ3v) is 2.53. The van der Waals surface area contributed by atoms with Gasteiger partial charge in [-0.25, -0.2) is 4.98 Å². The summed E-state index contributed by atoms with van der Waals surface area (Å²) in [4.78, 5) is 11.8. The van der Waals surface area contributed by atoms with E-state index in [1.165, 1.54) is 0 Å². The number of nitrogens with one attached hydrogen (secondary N) is 2. The Kier molecular flexibility index (Phi) is 3.13. The molecule has 0 bridgehead atoms. The molecule has 0 aliphatic heterocycles. The zero-order valence-electron chi connectivity index (χ0n) is 8.29. The van der Waals surface area contributed by atoms with Gasteiger partial charge in [0, 0.05) is 6.20 Å². The van der Waals surface area contributed by atoms with Gasteiger partial charge in [-0.2, -0.15) is 0 Å². The predicted octanol–water partition coefficient (Wildman–Crippen LogP) is 1.95. The first-order valence-electron chi connectivity index (χ1n) is 4.61. The fourth-order valence-electron chi connectivity index (χ4n) is 1.32. The molecule has 0 fully saturated rings. The molecule has 0 radical (unpaired) electrons. The zero-order chi connectivity index (χ0) is 10.7. The van der Waals surface area contributed by atoms with Gasteiger partial charge < -0.3 is 10.3 Å². The summed E-state index contributed by atoms with van der Waals surface area (Å²) >= 11 is 3.44. The lowest BCUT2D eigenvalue weighted by molar-refractivity contribution is 0.771. The van der Waals surface area contributed by atoms with Crippen molar-refractivity contribution in [1.29, 1.82) is 0 Å². The molecule has 5 heteroatoms. The molecule has 0 unspecified atom stereocenters. The minimum Gasteiger partial charge on any atom is -0.335 e. The van der Waals surface area contributed by atoms with E-state index in [1.807, 2.05) is 25.2 Å². The second kappa shape index (κ2) is 4.55. The highest BCUT2D eigenvalue weighted by atomic mass is 79.9. The molecule has 2 rings (SSSR count). The van der Waals surface area contributed by atoms with Crippen LogP contribution >= 0.6 is 15.9 Å². The van der Waals surface area contributed by atoms with Gasteiger partial charge in [-0.3, -0.25) is 4.98 Å². The van der Waals surface area contributed by atoms with Gasteiger partial charge in [-0.15, -0.1) is 0 Å². The Bertz CT molecular complexity index is 438. The Morgan fingerprint density at radius 1 is 1.47 bits per heavy atom. The van der Waals surface area contributed by atoms with Crippen LogP contribution in [0.15, 0.2) is 29.0 Å². The monoisotopic (exact) mass is 266 g/mol. The lowest BCUT2D eigenvalue weighted by Gasteiger charge is -1.94. The summed E-state index contributed by atoms with van der Waals surface area (Å²) in [6, 6.07) is 5.77. The van der Waals surface area contributed by atoms with Crippen LogP contribution in [0.3, 0.4) is 0 Å². The number of nitrogens with zero attached hydrogens (tertiary/aromatic N) is 2. The summed E-state index contributed by atoms with van der Waals surface area (Å²) in [5.41, 5.74) is 1.71. The summed E-state index contributed by atoms with van der Waals surface area (Å²) in [6.07, 6.45) is 1.76. The number of rotatable bonds is 3. The van der Waals surface area contributed by atoms with Crippen molar-refractivity contribution in [3.05, 3.63) is 34.8 Å². The predicted molar refractivity (Wildman–Crippen MR) is 62.3 cm³/mol. The zero-order valence-corrected chi connectivity index (χ0v) is 9.87. The molecule has 78 valence electrons. The second-order valence-electron chi connectivity index (χ2n) is 3.09. The number of imidazole rings is 1. The third kappa shape index (κ3) is 2.24. The van der Waals surface area contributed by atoms with Crippen LogP contribution in [0.25, 0.3) is 11.4 Å². The van der Waals surface area contributed by atoms with Crippen molar-refractivity contribution < 1.29 is 0 Å². The van der Waals surface area contributed by atoms with Crippen LogP contribution in [-0.2, 0) is 6.54 Å². The fourth-order valence-corrected chi connectivity index (χ4v) is 1.84. The smallest absolute Gasteiger partial charge is 0.121 e. The standard InChI is InChI=1S/C10H11BrN4/c1-12-6-8-14-9(10(11)15-8)7-4-2-3-5-13-7/h2-5,12H,6H2,1H3,(H,14,15). The van der Waals surface area contributed by atoms with Crippen LogP contribution in [0, 0.1) is 0 Å². The van der Waals surface area contributed by atoms with Crippen LogP contribution in [-0.4, -0.2) is 22.0 Å². The van der Waals surface area contributed by atoms with Gasteiger partial charge in [0.2, 0.25) is 0 Å². The van der Waals surface area contributed by atoms with Crippen LogP contribution in [0.2, 0.25) is 0 Å². The van der Waals surface area contributed by atoms with E-state index in [9.17, 15) is 0 Å². The number of aromatic nitrogens is 3. The van der Waals surface area contributed by atoms with Crippen molar-refractivity contribution in [3.63, 3.8) is 0 Å². The van der Waals surface area contributed by atoms with E-state index < -0.39 is 0 Å². The molecule has 15 heavy (non-hydrogen) atoms. The minimum absolute atomic E-state index is 0.714. The Labute approximate surface area is 96.3 Å². The summed E-state index contributed by atoms with van der Waals surface area (Å²) < 4.78 is 0.867. The highest BCUT2D eigenvalue weighted by Gasteiger charge is 2.09. The number of hydrogen-bond acceptors (Lipinski definition) is 3. The molecule has 0 saturated carbocycles.